The van der Waals surface area contributed by atoms with Crippen LogP contribution in [-0.4, -0.2) is 58.4 Å². The summed E-state index contributed by atoms with van der Waals surface area (Å²) in [5.74, 6) is -1.06. The SMILES string of the molecule is CCN(C(=O)c1ccc(SCC(=O)O)nc1)N(C)C. The van der Waals surface area contributed by atoms with Gasteiger partial charge in [-0.2, -0.15) is 0 Å². The van der Waals surface area contributed by atoms with Crippen LogP contribution in [0.2, 0.25) is 0 Å². The fourth-order valence-corrected chi connectivity index (χ4v) is 2.05. The minimum atomic E-state index is -0.892. The van der Waals surface area contributed by atoms with Crippen molar-refractivity contribution in [2.24, 2.45) is 0 Å². The van der Waals surface area contributed by atoms with E-state index in [0.29, 0.717) is 17.1 Å². The van der Waals surface area contributed by atoms with Gasteiger partial charge in [-0.15, -0.1) is 0 Å². The topological polar surface area (TPSA) is 73.7 Å². The molecule has 104 valence electrons. The standard InChI is InChI=1S/C12H17N3O3S/c1-4-15(14(2)3)12(18)9-5-6-10(13-7-9)19-8-11(16)17/h5-7H,4,8H2,1-3H3,(H,16,17). The summed E-state index contributed by atoms with van der Waals surface area (Å²) < 4.78 is 0. The van der Waals surface area contributed by atoms with Crippen LogP contribution in [0.5, 0.6) is 0 Å². The summed E-state index contributed by atoms with van der Waals surface area (Å²) in [7, 11) is 3.60. The lowest BCUT2D eigenvalue weighted by Crippen LogP contribution is -2.41. The van der Waals surface area contributed by atoms with Gasteiger partial charge in [0.1, 0.15) is 0 Å². The zero-order valence-electron chi connectivity index (χ0n) is 11.2. The van der Waals surface area contributed by atoms with Gasteiger partial charge in [-0.1, -0.05) is 11.8 Å². The Bertz CT molecular complexity index is 448. The van der Waals surface area contributed by atoms with Crippen molar-refractivity contribution in [2.75, 3.05) is 26.4 Å². The Labute approximate surface area is 116 Å². The van der Waals surface area contributed by atoms with Gasteiger partial charge < -0.3 is 5.11 Å². The number of pyridine rings is 1. The third-order valence-electron chi connectivity index (χ3n) is 2.34. The van der Waals surface area contributed by atoms with Crippen molar-refractivity contribution in [2.45, 2.75) is 11.9 Å². The zero-order chi connectivity index (χ0) is 14.4. The number of nitrogens with zero attached hydrogens (tertiary/aromatic N) is 3. The van der Waals surface area contributed by atoms with E-state index in [2.05, 4.69) is 4.98 Å². The van der Waals surface area contributed by atoms with Crippen molar-refractivity contribution < 1.29 is 14.7 Å². The van der Waals surface area contributed by atoms with Gasteiger partial charge in [-0.05, 0) is 19.1 Å². The molecule has 0 bridgehead atoms. The molecule has 1 amide bonds. The number of carboxylic acids is 1. The van der Waals surface area contributed by atoms with E-state index in [0.717, 1.165) is 11.8 Å². The van der Waals surface area contributed by atoms with E-state index in [1.807, 2.05) is 6.92 Å². The van der Waals surface area contributed by atoms with Gasteiger partial charge in [0.05, 0.1) is 16.3 Å². The predicted molar refractivity (Wildman–Crippen MR) is 73.0 cm³/mol. The van der Waals surface area contributed by atoms with Crippen molar-refractivity contribution >= 4 is 23.6 Å². The maximum atomic E-state index is 12.1. The number of rotatable bonds is 6. The van der Waals surface area contributed by atoms with Gasteiger partial charge in [0.2, 0.25) is 0 Å². The van der Waals surface area contributed by atoms with Crippen LogP contribution >= 0.6 is 11.8 Å². The first kappa shape index (κ1) is 15.5. The molecule has 0 spiro atoms. The van der Waals surface area contributed by atoms with E-state index < -0.39 is 5.97 Å². The van der Waals surface area contributed by atoms with Crippen molar-refractivity contribution in [3.05, 3.63) is 23.9 Å². The number of aromatic nitrogens is 1. The number of aliphatic carboxylic acids is 1. The highest BCUT2D eigenvalue weighted by atomic mass is 32.2. The Morgan fingerprint density at radius 3 is 2.47 bits per heavy atom. The second kappa shape index (κ2) is 7.10. The highest BCUT2D eigenvalue weighted by Gasteiger charge is 2.16. The van der Waals surface area contributed by atoms with E-state index in [1.165, 1.54) is 6.20 Å². The van der Waals surface area contributed by atoms with E-state index in [4.69, 9.17) is 5.11 Å². The predicted octanol–water partition coefficient (Wildman–Crippen LogP) is 1.20. The molecule has 0 saturated carbocycles. The third kappa shape index (κ3) is 4.53. The Hall–Kier alpha value is -1.60. The Morgan fingerprint density at radius 2 is 2.05 bits per heavy atom. The summed E-state index contributed by atoms with van der Waals surface area (Å²) in [5.41, 5.74) is 0.482. The monoisotopic (exact) mass is 283 g/mol. The van der Waals surface area contributed by atoms with Gasteiger partial charge in [0, 0.05) is 26.8 Å². The number of hydrogen-bond acceptors (Lipinski definition) is 5. The molecule has 0 aliphatic heterocycles. The minimum Gasteiger partial charge on any atom is -0.481 e. The largest absolute Gasteiger partial charge is 0.481 e. The fourth-order valence-electron chi connectivity index (χ4n) is 1.48. The number of carboxylic acid groups (broad SMARTS) is 1. The molecule has 7 heteroatoms. The van der Waals surface area contributed by atoms with Crippen LogP contribution < -0.4 is 0 Å². The number of thioether (sulfide) groups is 1. The van der Waals surface area contributed by atoms with Gasteiger partial charge >= 0.3 is 5.97 Å². The summed E-state index contributed by atoms with van der Waals surface area (Å²) in [6, 6.07) is 3.32. The highest BCUT2D eigenvalue weighted by Crippen LogP contribution is 2.15. The van der Waals surface area contributed by atoms with Crippen LogP contribution in [0.1, 0.15) is 17.3 Å². The number of hydrogen-bond donors (Lipinski definition) is 1. The van der Waals surface area contributed by atoms with E-state index in [1.54, 1.807) is 36.2 Å². The van der Waals surface area contributed by atoms with Crippen molar-refractivity contribution in [3.8, 4) is 0 Å². The third-order valence-corrected chi connectivity index (χ3v) is 3.27. The molecule has 0 aromatic carbocycles. The van der Waals surface area contributed by atoms with E-state index in [9.17, 15) is 9.59 Å². The van der Waals surface area contributed by atoms with Crippen LogP contribution in [0.3, 0.4) is 0 Å². The molecule has 0 aliphatic rings. The number of hydrazine groups is 1. The molecule has 0 fully saturated rings. The first-order valence-corrected chi connectivity index (χ1v) is 6.74. The minimum absolute atomic E-state index is 0.0426. The van der Waals surface area contributed by atoms with Gasteiger partial charge in [-0.3, -0.25) is 14.6 Å². The molecule has 0 radical (unpaired) electrons. The van der Waals surface area contributed by atoms with Crippen LogP contribution in [0.15, 0.2) is 23.4 Å². The molecule has 0 atom stereocenters. The lowest BCUT2D eigenvalue weighted by Gasteiger charge is -2.27. The number of carbonyl (C=O) groups excluding carboxylic acids is 1. The van der Waals surface area contributed by atoms with Crippen molar-refractivity contribution in [3.63, 3.8) is 0 Å². The second-order valence-electron chi connectivity index (χ2n) is 3.94. The molecular weight excluding hydrogens is 266 g/mol. The van der Waals surface area contributed by atoms with Crippen LogP contribution in [0.25, 0.3) is 0 Å². The molecule has 19 heavy (non-hydrogen) atoms. The molecular formula is C12H17N3O3S. The molecule has 1 N–H and O–H groups in total. The van der Waals surface area contributed by atoms with E-state index in [-0.39, 0.29) is 11.7 Å². The summed E-state index contributed by atoms with van der Waals surface area (Å²) in [6.45, 7) is 2.46. The second-order valence-corrected chi connectivity index (χ2v) is 4.93. The molecule has 6 nitrogen and oxygen atoms in total. The summed E-state index contributed by atoms with van der Waals surface area (Å²) in [6.07, 6.45) is 1.47. The van der Waals surface area contributed by atoms with Crippen LogP contribution in [0.4, 0.5) is 0 Å². The summed E-state index contributed by atoms with van der Waals surface area (Å²) in [5, 5.41) is 12.5. The van der Waals surface area contributed by atoms with Crippen molar-refractivity contribution in [1.82, 2.24) is 15.0 Å². The first-order valence-electron chi connectivity index (χ1n) is 5.75. The Morgan fingerprint density at radius 1 is 1.37 bits per heavy atom. The zero-order valence-corrected chi connectivity index (χ0v) is 12.0. The Balaban J connectivity index is 2.75. The van der Waals surface area contributed by atoms with Crippen LogP contribution in [-0.2, 0) is 4.79 Å². The molecule has 0 saturated heterocycles. The summed E-state index contributed by atoms with van der Waals surface area (Å²) in [4.78, 5) is 26.7. The maximum absolute atomic E-state index is 12.1. The number of carbonyl (C=O) groups is 2. The molecule has 1 aromatic rings. The van der Waals surface area contributed by atoms with E-state index >= 15 is 0 Å². The fraction of sp³-hybridized carbons (Fsp3) is 0.417. The maximum Gasteiger partial charge on any atom is 0.313 e. The smallest absolute Gasteiger partial charge is 0.313 e. The lowest BCUT2D eigenvalue weighted by molar-refractivity contribution is -0.133. The average Bonchev–Trinajstić information content (AvgIpc) is 2.37. The quantitative estimate of drug-likeness (QED) is 0.624. The molecule has 0 unspecified atom stereocenters. The lowest BCUT2D eigenvalue weighted by atomic mass is 10.2. The molecule has 1 rings (SSSR count). The van der Waals surface area contributed by atoms with Gasteiger partial charge in [0.25, 0.3) is 5.91 Å². The van der Waals surface area contributed by atoms with Crippen LogP contribution in [0, 0.1) is 0 Å². The molecule has 1 heterocycles. The first-order chi connectivity index (χ1) is 8.95. The van der Waals surface area contributed by atoms with Gasteiger partial charge in [0.15, 0.2) is 0 Å². The average molecular weight is 283 g/mol. The Kier molecular flexibility index (Phi) is 5.78. The normalized spacial score (nSPS) is 10.5. The number of amides is 1. The molecule has 1 aromatic heterocycles. The van der Waals surface area contributed by atoms with Gasteiger partial charge in [-0.25, -0.2) is 9.99 Å². The van der Waals surface area contributed by atoms with Crippen molar-refractivity contribution in [1.29, 1.82) is 0 Å². The highest BCUT2D eigenvalue weighted by molar-refractivity contribution is 7.99. The summed E-state index contributed by atoms with van der Waals surface area (Å²) >= 11 is 1.12. The molecule has 0 aliphatic carbocycles.